The molecule has 8 aromatic carbocycles. The van der Waals surface area contributed by atoms with Crippen LogP contribution in [0.15, 0.2) is 182 Å². The number of urea groups is 1. The van der Waals surface area contributed by atoms with Gasteiger partial charge in [-0.3, -0.25) is 9.69 Å². The van der Waals surface area contributed by atoms with E-state index in [0.29, 0.717) is 103 Å². The standard InChI is InChI=1S/C23H23Cl2N3O3.C22H21ClN4O3.C13H13Cl2N3.C13H20N2O.C9H9NO3.C8H11N.C5H3Cl3N2.C5H3Cl2IN2/c1-14-6-5-7-15(2)21(14)28(13-17-12-26-23(25)27-22(17)24)20(29)10-16-8-9-18(30-3)11-19(16)31-4;1-13-6-5-7-14(2)19(13)26-12-15-11-24-21(23)25-20(15)27(22(26)28)17-9-8-16(29-3)10-18(17)30-4;1-8-4-3-5-9(2)11(8)16-6-10-7-17-13(15)18-12(10)14;1-15-7-5-10(6-8-15)12-4-3-11(14)9-13(12)16-2;1-12-7-3-4-8(10-6-11)9(5-7)13-2;1-6-4-3-5-7(2)8(6)9;6-1-3-2-9-5(8)10-4(3)7;6-4-3(1-8)2-9-5(7)10-4/h5-9,11-12H,10,13H2,1-4H3;5-11H,12H2,1-4H3;3-5,7,16H,6H2,1-2H3;3-4,9-10H,5-8,14H2,1-2H3;3-5H,1-2H3;3-5H,9H2,1-2H3;2*2H,1H2. The number of anilines is 7. The topological polar surface area (TPSA) is 334 Å². The lowest BCUT2D eigenvalue weighted by Gasteiger charge is -2.37. The number of benzene rings is 8. The molecule has 1 fully saturated rings. The summed E-state index contributed by atoms with van der Waals surface area (Å²) in [5.41, 5.74) is 31.4. The van der Waals surface area contributed by atoms with Gasteiger partial charge in [-0.25, -0.2) is 59.3 Å². The lowest BCUT2D eigenvalue weighted by atomic mass is 9.89. The van der Waals surface area contributed by atoms with E-state index in [1.54, 1.807) is 126 Å². The van der Waals surface area contributed by atoms with Gasteiger partial charge >= 0.3 is 6.03 Å². The number of nitrogens with two attached hydrogens (primary N) is 2. The maximum atomic E-state index is 13.8. The summed E-state index contributed by atoms with van der Waals surface area (Å²) in [4.78, 5) is 87.4. The highest BCUT2D eigenvalue weighted by atomic mass is 127. The second-order valence-corrected chi connectivity index (χ2v) is 34.5. The molecule has 15 rings (SSSR count). The molecule has 28 nitrogen and oxygen atoms in total. The number of aryl methyl sites for hydroxylation is 8. The number of fused-ring (bicyclic) bond motifs is 1. The van der Waals surface area contributed by atoms with Crippen molar-refractivity contribution >= 4 is 202 Å². The van der Waals surface area contributed by atoms with Gasteiger partial charge in [0, 0.05) is 122 Å². The highest BCUT2D eigenvalue weighted by Crippen LogP contribution is 2.44. The van der Waals surface area contributed by atoms with Gasteiger partial charge in [0.2, 0.25) is 38.4 Å². The van der Waals surface area contributed by atoms with Gasteiger partial charge in [0.15, 0.2) is 5.82 Å². The second kappa shape index (κ2) is 55.5. The fourth-order valence-corrected chi connectivity index (χ4v) is 16.6. The lowest BCUT2D eigenvalue weighted by molar-refractivity contribution is -0.118. The van der Waals surface area contributed by atoms with Crippen LogP contribution < -0.4 is 64.6 Å². The van der Waals surface area contributed by atoms with E-state index in [4.69, 9.17) is 161 Å². The Labute approximate surface area is 861 Å². The number of hydrogen-bond acceptors (Lipinski definition) is 25. The summed E-state index contributed by atoms with van der Waals surface area (Å²) in [6.07, 6.45) is 12.0. The number of para-hydroxylation sites is 4. The third-order valence-electron chi connectivity index (χ3n) is 21.2. The molecule has 5 N–H and O–H groups in total. The smallest absolute Gasteiger partial charge is 0.335 e. The first-order valence-electron chi connectivity index (χ1n) is 41.9. The molecule has 1 saturated heterocycles. The number of nitrogens with zero attached hydrogens (tertiary/aromatic N) is 15. The van der Waals surface area contributed by atoms with Crippen LogP contribution in [0.2, 0.25) is 47.0 Å². The third kappa shape index (κ3) is 32.2. The molecular formula is C98H103Cl10IN18O10. The van der Waals surface area contributed by atoms with Gasteiger partial charge in [0.05, 0.1) is 86.5 Å². The maximum Gasteiger partial charge on any atom is 0.335 e. The molecule has 5 aromatic heterocycles. The molecule has 0 unspecified atom stereocenters. The van der Waals surface area contributed by atoms with Gasteiger partial charge in [-0.1, -0.05) is 154 Å². The van der Waals surface area contributed by atoms with E-state index >= 15 is 0 Å². The van der Waals surface area contributed by atoms with Crippen LogP contribution >= 0.6 is 139 Å². The number of nitrogen functional groups attached to an aromatic ring is 2. The number of isocyanates is 1. The van der Waals surface area contributed by atoms with Gasteiger partial charge in [0.25, 0.3) is 0 Å². The molecule has 722 valence electrons. The molecule has 13 aromatic rings. The molecule has 2 aliphatic heterocycles. The van der Waals surface area contributed by atoms with Crippen molar-refractivity contribution in [1.82, 2.24) is 54.7 Å². The Bertz CT molecular complexity index is 6200. The number of nitrogens with one attached hydrogen (secondary N) is 1. The van der Waals surface area contributed by atoms with Crippen LogP contribution in [-0.2, 0) is 46.0 Å². The summed E-state index contributed by atoms with van der Waals surface area (Å²) in [6.45, 7) is 19.5. The van der Waals surface area contributed by atoms with Gasteiger partial charge in [-0.15, -0.1) is 11.6 Å². The van der Waals surface area contributed by atoms with E-state index in [-0.39, 0.29) is 56.5 Å². The fourth-order valence-electron chi connectivity index (χ4n) is 14.0. The highest BCUT2D eigenvalue weighted by Gasteiger charge is 2.37. The Balaban J connectivity index is 0.000000200. The quantitative estimate of drug-likeness (QED) is 0.0114. The first-order chi connectivity index (χ1) is 65.6. The van der Waals surface area contributed by atoms with Crippen molar-refractivity contribution in [3.63, 3.8) is 0 Å². The van der Waals surface area contributed by atoms with Crippen LogP contribution in [0.4, 0.5) is 50.4 Å². The van der Waals surface area contributed by atoms with Crippen LogP contribution in [0, 0.1) is 55.4 Å². The van der Waals surface area contributed by atoms with E-state index in [1.165, 1.54) is 53.8 Å². The minimum atomic E-state index is -0.252. The van der Waals surface area contributed by atoms with Crippen molar-refractivity contribution in [2.75, 3.05) is 101 Å². The highest BCUT2D eigenvalue weighted by molar-refractivity contribution is 14.1. The number of carbonyl (C=O) groups is 2. The van der Waals surface area contributed by atoms with Crippen LogP contribution in [0.25, 0.3) is 0 Å². The Morgan fingerprint density at radius 1 is 0.504 bits per heavy atom. The zero-order valence-electron chi connectivity index (χ0n) is 78.0. The average molecular weight is 2170 g/mol. The molecule has 0 spiro atoms. The second-order valence-electron chi connectivity index (χ2n) is 30.4. The summed E-state index contributed by atoms with van der Waals surface area (Å²) in [5, 5.41) is 5.32. The van der Waals surface area contributed by atoms with Gasteiger partial charge < -0.3 is 59.7 Å². The number of ether oxygens (including phenoxy) is 7. The van der Waals surface area contributed by atoms with Crippen LogP contribution in [0.5, 0.6) is 40.2 Å². The minimum Gasteiger partial charge on any atom is -0.497 e. The number of rotatable bonds is 21. The Morgan fingerprint density at radius 2 is 0.949 bits per heavy atom. The lowest BCUT2D eigenvalue weighted by Crippen LogP contribution is -2.46. The number of methoxy groups -OCH3 is 7. The molecule has 0 atom stereocenters. The number of carbonyl (C=O) groups excluding carboxylic acids is 3. The van der Waals surface area contributed by atoms with Crippen LogP contribution in [0.3, 0.4) is 0 Å². The first kappa shape index (κ1) is 111. The molecule has 0 aliphatic carbocycles. The van der Waals surface area contributed by atoms with Crippen LogP contribution in [-0.4, -0.2) is 143 Å². The molecule has 0 bridgehead atoms. The molecule has 39 heteroatoms. The Morgan fingerprint density at radius 3 is 1.43 bits per heavy atom. The number of hydrogen-bond donors (Lipinski definition) is 3. The third-order valence-corrected chi connectivity index (χ3v) is 24.5. The summed E-state index contributed by atoms with van der Waals surface area (Å²) >= 11 is 59.7. The number of alkyl halides is 2. The van der Waals surface area contributed by atoms with Crippen molar-refractivity contribution < 1.29 is 47.5 Å². The first-order valence-corrected chi connectivity index (χ1v) is 47.3. The van der Waals surface area contributed by atoms with Gasteiger partial charge in [-0.2, -0.15) is 9.98 Å². The van der Waals surface area contributed by atoms with Crippen molar-refractivity contribution in [2.24, 2.45) is 4.99 Å². The minimum absolute atomic E-state index is 0.0571. The summed E-state index contributed by atoms with van der Waals surface area (Å²) in [7, 11) is 13.2. The Hall–Kier alpha value is -11.1. The SMILES string of the molecule is COc1cc(N)ccc1C1CCN(C)CC1.COc1ccc(CC(=O)N(Cc2cnc(Cl)nc2Cl)c2c(C)cccc2C)c(OC)c1.COc1ccc(N2C(=O)N(c3c(C)cccc3C)Cc3cnc(Cl)nc32)c(OC)c1.COc1ccc(N=C=O)c(OC)c1.Cc1cccc(C)c1N.Cc1cccc(C)c1NCc1cnc(Cl)nc1Cl.ClCc1cnc(Cl)nc1Cl.Clc1ncc(CI)c(Cl)n1. The van der Waals surface area contributed by atoms with Crippen molar-refractivity contribution in [1.29, 1.82) is 0 Å². The maximum absolute atomic E-state index is 13.8. The van der Waals surface area contributed by atoms with Gasteiger partial charge in [0.1, 0.15) is 66.5 Å². The van der Waals surface area contributed by atoms with E-state index < -0.39 is 0 Å². The van der Waals surface area contributed by atoms with Crippen molar-refractivity contribution in [3.05, 3.63) is 307 Å². The van der Waals surface area contributed by atoms with E-state index in [1.807, 2.05) is 120 Å². The molecule has 3 amide bonds. The molecule has 7 heterocycles. The predicted octanol–water partition coefficient (Wildman–Crippen LogP) is 25.1. The summed E-state index contributed by atoms with van der Waals surface area (Å²) < 4.78 is 37.7. The molecule has 0 saturated carbocycles. The number of aliphatic imine (C=N–C) groups is 1. The normalized spacial score (nSPS) is 11.8. The molecule has 2 aliphatic rings. The zero-order chi connectivity index (χ0) is 100. The van der Waals surface area contributed by atoms with Gasteiger partial charge in [-0.05, 0) is 239 Å². The summed E-state index contributed by atoms with van der Waals surface area (Å²) in [5.74, 6) is 5.66. The van der Waals surface area contributed by atoms with E-state index in [9.17, 15) is 14.4 Å². The Kier molecular flexibility index (Phi) is 45.0. The predicted molar refractivity (Wildman–Crippen MR) is 560 cm³/mol. The number of likely N-dealkylation sites (tertiary alicyclic amines) is 1. The number of amides is 3. The van der Waals surface area contributed by atoms with E-state index in [0.717, 1.165) is 107 Å². The van der Waals surface area contributed by atoms with Crippen molar-refractivity contribution in [2.45, 2.75) is 111 Å². The molecular weight excluding hydrogens is 2070 g/mol. The van der Waals surface area contributed by atoms with Crippen LogP contribution in [0.1, 0.15) is 102 Å². The van der Waals surface area contributed by atoms with Crippen molar-refractivity contribution in [3.8, 4) is 40.2 Å². The summed E-state index contributed by atoms with van der Waals surface area (Å²) in [6, 6.07) is 45.4. The number of aromatic nitrogens is 10. The largest absolute Gasteiger partial charge is 0.497 e. The average Bonchev–Trinajstić information content (AvgIpc) is 0.745. The monoisotopic (exact) mass is 2170 g/mol. The molecule has 0 radical (unpaired) electrons. The zero-order valence-corrected chi connectivity index (χ0v) is 87.7. The number of piperidine rings is 1. The molecule has 137 heavy (non-hydrogen) atoms. The number of halogens is 11. The van der Waals surface area contributed by atoms with E-state index in [2.05, 4.69) is 127 Å². The fraction of sp³-hybridized carbons (Fsp3) is 0.276.